The van der Waals surface area contributed by atoms with Gasteiger partial charge in [-0.05, 0) is 38.2 Å². The summed E-state index contributed by atoms with van der Waals surface area (Å²) in [5.41, 5.74) is 2.88. The maximum absolute atomic E-state index is 12.5. The van der Waals surface area contributed by atoms with E-state index < -0.39 is 5.97 Å². The Balaban J connectivity index is 1.59. The normalized spacial score (nSPS) is 19.0. The average molecular weight is 418 g/mol. The smallest absolute Gasteiger partial charge is 0.343 e. The van der Waals surface area contributed by atoms with Gasteiger partial charge in [-0.15, -0.1) is 0 Å². The van der Waals surface area contributed by atoms with Crippen molar-refractivity contribution in [3.8, 4) is 0 Å². The van der Waals surface area contributed by atoms with Crippen LogP contribution in [0.2, 0.25) is 5.15 Å². The molecule has 1 fully saturated rings. The molecular weight excluding hydrogens is 390 g/mol. The number of halogens is 1. The number of aromatic nitrogens is 2. The molecule has 1 amide bonds. The van der Waals surface area contributed by atoms with E-state index in [0.29, 0.717) is 18.2 Å². The molecule has 0 saturated heterocycles. The standard InChI is InChI=1S/C22H28ClN3O3/c1-14-8-10-17(11-9-14)12-26-21(23)20(16(3)25-26)22(28)29-13-19(27)24-18-7-5-4-6-15(18)2/h8-11,15,18H,4-7,12-13H2,1-3H3,(H,24,27)/t15-,18-/m1/s1. The van der Waals surface area contributed by atoms with E-state index in [4.69, 9.17) is 16.3 Å². The van der Waals surface area contributed by atoms with Gasteiger partial charge in [-0.2, -0.15) is 5.10 Å². The third-order valence-electron chi connectivity index (χ3n) is 5.51. The maximum Gasteiger partial charge on any atom is 0.343 e. The molecule has 0 spiro atoms. The van der Waals surface area contributed by atoms with Crippen molar-refractivity contribution in [1.82, 2.24) is 15.1 Å². The lowest BCUT2D eigenvalue weighted by Gasteiger charge is -2.29. The van der Waals surface area contributed by atoms with Gasteiger partial charge in [0.05, 0.1) is 12.2 Å². The predicted molar refractivity (Wildman–Crippen MR) is 112 cm³/mol. The summed E-state index contributed by atoms with van der Waals surface area (Å²) in [7, 11) is 0. The van der Waals surface area contributed by atoms with Crippen molar-refractivity contribution in [1.29, 1.82) is 0 Å². The van der Waals surface area contributed by atoms with Gasteiger partial charge >= 0.3 is 5.97 Å². The lowest BCUT2D eigenvalue weighted by molar-refractivity contribution is -0.125. The molecule has 1 heterocycles. The van der Waals surface area contributed by atoms with Crippen LogP contribution in [-0.4, -0.2) is 34.3 Å². The van der Waals surface area contributed by atoms with Crippen molar-refractivity contribution < 1.29 is 14.3 Å². The first-order valence-corrected chi connectivity index (χ1v) is 10.5. The molecule has 1 aliphatic rings. The Hall–Kier alpha value is -2.34. The molecular formula is C22H28ClN3O3. The molecule has 156 valence electrons. The first-order chi connectivity index (χ1) is 13.8. The number of aryl methyl sites for hydroxylation is 2. The van der Waals surface area contributed by atoms with Crippen LogP contribution in [0.4, 0.5) is 0 Å². The highest BCUT2D eigenvalue weighted by atomic mass is 35.5. The van der Waals surface area contributed by atoms with E-state index in [-0.39, 0.29) is 29.3 Å². The fraction of sp³-hybridized carbons (Fsp3) is 0.500. The summed E-state index contributed by atoms with van der Waals surface area (Å²) in [5, 5.41) is 7.56. The van der Waals surface area contributed by atoms with Crippen LogP contribution in [0.25, 0.3) is 0 Å². The number of nitrogens with one attached hydrogen (secondary N) is 1. The van der Waals surface area contributed by atoms with Crippen LogP contribution in [0.5, 0.6) is 0 Å². The number of rotatable bonds is 6. The molecule has 6 nitrogen and oxygen atoms in total. The van der Waals surface area contributed by atoms with E-state index in [1.807, 2.05) is 31.2 Å². The largest absolute Gasteiger partial charge is 0.452 e. The summed E-state index contributed by atoms with van der Waals surface area (Å²) < 4.78 is 6.79. The van der Waals surface area contributed by atoms with Gasteiger partial charge < -0.3 is 10.1 Å². The van der Waals surface area contributed by atoms with Crippen LogP contribution < -0.4 is 5.32 Å². The molecule has 29 heavy (non-hydrogen) atoms. The second-order valence-corrected chi connectivity index (χ2v) is 8.26. The summed E-state index contributed by atoms with van der Waals surface area (Å²) >= 11 is 6.39. The fourth-order valence-electron chi connectivity index (χ4n) is 3.74. The highest BCUT2D eigenvalue weighted by Crippen LogP contribution is 2.24. The molecule has 3 rings (SSSR count). The van der Waals surface area contributed by atoms with Crippen LogP contribution >= 0.6 is 11.6 Å². The lowest BCUT2D eigenvalue weighted by Crippen LogP contribution is -2.42. The fourth-order valence-corrected chi connectivity index (χ4v) is 4.05. The Morgan fingerprint density at radius 2 is 1.90 bits per heavy atom. The summed E-state index contributed by atoms with van der Waals surface area (Å²) in [5.74, 6) is -0.465. The summed E-state index contributed by atoms with van der Waals surface area (Å²) in [6, 6.07) is 8.17. The molecule has 7 heteroatoms. The van der Waals surface area contributed by atoms with E-state index in [0.717, 1.165) is 24.8 Å². The third kappa shape index (κ3) is 5.38. The van der Waals surface area contributed by atoms with Crippen molar-refractivity contribution in [2.75, 3.05) is 6.61 Å². The Bertz CT molecular complexity index is 876. The van der Waals surface area contributed by atoms with Gasteiger partial charge in [-0.1, -0.05) is 61.2 Å². The van der Waals surface area contributed by atoms with Crippen molar-refractivity contribution in [2.24, 2.45) is 5.92 Å². The molecule has 0 bridgehead atoms. The van der Waals surface area contributed by atoms with Gasteiger partial charge in [0.2, 0.25) is 0 Å². The monoisotopic (exact) mass is 417 g/mol. The van der Waals surface area contributed by atoms with Crippen LogP contribution in [0.1, 0.15) is 59.8 Å². The van der Waals surface area contributed by atoms with Gasteiger partial charge in [0.1, 0.15) is 10.7 Å². The van der Waals surface area contributed by atoms with Crippen LogP contribution in [0, 0.1) is 19.8 Å². The number of nitrogens with zero attached hydrogens (tertiary/aromatic N) is 2. The van der Waals surface area contributed by atoms with Crippen molar-refractivity contribution in [3.63, 3.8) is 0 Å². The predicted octanol–water partition coefficient (Wildman–Crippen LogP) is 4.05. The third-order valence-corrected chi connectivity index (χ3v) is 5.90. The first-order valence-electron chi connectivity index (χ1n) is 10.1. The zero-order valence-electron chi connectivity index (χ0n) is 17.2. The molecule has 1 N–H and O–H groups in total. The number of amides is 1. The Kier molecular flexibility index (Phi) is 6.96. The Morgan fingerprint density at radius 3 is 2.59 bits per heavy atom. The number of hydrogen-bond acceptors (Lipinski definition) is 4. The summed E-state index contributed by atoms with van der Waals surface area (Å²) in [4.78, 5) is 24.7. The highest BCUT2D eigenvalue weighted by molar-refractivity contribution is 6.32. The number of carbonyl (C=O) groups excluding carboxylic acids is 2. The minimum Gasteiger partial charge on any atom is -0.452 e. The number of esters is 1. The molecule has 1 aromatic heterocycles. The van der Waals surface area contributed by atoms with Crippen LogP contribution in [0.3, 0.4) is 0 Å². The molecule has 1 aromatic carbocycles. The second-order valence-electron chi connectivity index (χ2n) is 7.91. The first kappa shape index (κ1) is 21.4. The van der Waals surface area contributed by atoms with Crippen molar-refractivity contribution in [2.45, 2.75) is 59.0 Å². The number of hydrogen-bond donors (Lipinski definition) is 1. The topological polar surface area (TPSA) is 73.2 Å². The van der Waals surface area contributed by atoms with Gasteiger partial charge in [-0.25, -0.2) is 9.48 Å². The van der Waals surface area contributed by atoms with Crippen LogP contribution in [0.15, 0.2) is 24.3 Å². The van der Waals surface area contributed by atoms with Gasteiger partial charge in [0, 0.05) is 6.04 Å². The number of benzene rings is 1. The molecule has 1 aliphatic carbocycles. The molecule has 0 aliphatic heterocycles. The van der Waals surface area contributed by atoms with E-state index in [1.165, 1.54) is 12.0 Å². The van der Waals surface area contributed by atoms with E-state index in [9.17, 15) is 9.59 Å². The zero-order valence-corrected chi connectivity index (χ0v) is 18.0. The van der Waals surface area contributed by atoms with Crippen molar-refractivity contribution >= 4 is 23.5 Å². The minimum absolute atomic E-state index is 0.150. The summed E-state index contributed by atoms with van der Waals surface area (Å²) in [6.07, 6.45) is 4.40. The maximum atomic E-state index is 12.5. The van der Waals surface area contributed by atoms with Gasteiger partial charge in [0.15, 0.2) is 6.61 Å². The Morgan fingerprint density at radius 1 is 1.21 bits per heavy atom. The second kappa shape index (κ2) is 9.44. The minimum atomic E-state index is -0.630. The highest BCUT2D eigenvalue weighted by Gasteiger charge is 2.25. The number of ether oxygens (including phenoxy) is 1. The summed E-state index contributed by atoms with van der Waals surface area (Å²) in [6.45, 7) is 6.00. The Labute approximate surface area is 176 Å². The molecule has 2 aromatic rings. The molecule has 0 radical (unpaired) electrons. The SMILES string of the molecule is Cc1ccc(Cn2nc(C)c(C(=O)OCC(=O)N[C@@H]3CCCC[C@H]3C)c2Cl)cc1. The zero-order chi connectivity index (χ0) is 21.0. The average Bonchev–Trinajstić information content (AvgIpc) is 2.97. The van der Waals surface area contributed by atoms with Gasteiger partial charge in [0.25, 0.3) is 5.91 Å². The molecule has 1 saturated carbocycles. The van der Waals surface area contributed by atoms with Crippen LogP contribution in [-0.2, 0) is 16.1 Å². The van der Waals surface area contributed by atoms with Crippen molar-refractivity contribution in [3.05, 3.63) is 51.8 Å². The van der Waals surface area contributed by atoms with E-state index >= 15 is 0 Å². The van der Waals surface area contributed by atoms with Gasteiger partial charge in [-0.3, -0.25) is 4.79 Å². The number of carbonyl (C=O) groups is 2. The molecule has 0 unspecified atom stereocenters. The van der Waals surface area contributed by atoms with E-state index in [2.05, 4.69) is 17.3 Å². The van der Waals surface area contributed by atoms with E-state index in [1.54, 1.807) is 11.6 Å². The quantitative estimate of drug-likeness (QED) is 0.719. The molecule has 2 atom stereocenters. The lowest BCUT2D eigenvalue weighted by atomic mass is 9.86.